The molecule has 0 unspecified atom stereocenters. The molecule has 1 aromatic rings. The monoisotopic (exact) mass is 236 g/mol. The van der Waals surface area contributed by atoms with E-state index < -0.39 is 0 Å². The van der Waals surface area contributed by atoms with Crippen molar-refractivity contribution in [2.24, 2.45) is 0 Å². The van der Waals surface area contributed by atoms with Crippen LogP contribution in [0.4, 0.5) is 0 Å². The van der Waals surface area contributed by atoms with E-state index in [1.54, 1.807) is 12.1 Å². The first kappa shape index (κ1) is 10.6. The lowest BCUT2D eigenvalue weighted by Gasteiger charge is -2.37. The molecule has 4 nitrogen and oxygen atoms in total. The summed E-state index contributed by atoms with van der Waals surface area (Å²) in [6.45, 7) is 0. The van der Waals surface area contributed by atoms with Gasteiger partial charge in [0.1, 0.15) is 12.2 Å². The largest absolute Gasteiger partial charge is 0.504 e. The SMILES string of the molecule is COc1cc2c(cc1O)O[C@H]1CCCC[C@@H]1O2. The van der Waals surface area contributed by atoms with Gasteiger partial charge in [0.05, 0.1) is 7.11 Å². The lowest BCUT2D eigenvalue weighted by Crippen LogP contribution is -2.41. The zero-order valence-corrected chi connectivity index (χ0v) is 9.81. The number of benzene rings is 1. The average Bonchev–Trinajstić information content (AvgIpc) is 2.35. The molecule has 1 N–H and O–H groups in total. The molecule has 0 spiro atoms. The van der Waals surface area contributed by atoms with Gasteiger partial charge in [0, 0.05) is 12.1 Å². The minimum absolute atomic E-state index is 0.0871. The van der Waals surface area contributed by atoms with Crippen LogP contribution in [-0.4, -0.2) is 24.4 Å². The Morgan fingerprint density at radius 1 is 1.12 bits per heavy atom. The maximum absolute atomic E-state index is 9.70. The Morgan fingerprint density at radius 2 is 1.71 bits per heavy atom. The zero-order valence-electron chi connectivity index (χ0n) is 9.81. The van der Waals surface area contributed by atoms with Crippen molar-refractivity contribution >= 4 is 0 Å². The second-order valence-electron chi connectivity index (χ2n) is 4.57. The van der Waals surface area contributed by atoms with Crippen LogP contribution in [0.15, 0.2) is 12.1 Å². The Morgan fingerprint density at radius 3 is 2.29 bits per heavy atom. The highest BCUT2D eigenvalue weighted by Gasteiger charge is 2.34. The van der Waals surface area contributed by atoms with Gasteiger partial charge in [-0.2, -0.15) is 0 Å². The predicted octanol–water partition coefficient (Wildman–Crippen LogP) is 2.48. The summed E-state index contributed by atoms with van der Waals surface area (Å²) in [5.41, 5.74) is 0. The molecule has 0 bridgehead atoms. The Kier molecular flexibility index (Phi) is 2.50. The van der Waals surface area contributed by atoms with Gasteiger partial charge in [0.2, 0.25) is 0 Å². The molecule has 1 aliphatic carbocycles. The molecule has 1 heterocycles. The first-order chi connectivity index (χ1) is 8.28. The lowest BCUT2D eigenvalue weighted by molar-refractivity contribution is -0.00643. The number of aromatic hydroxyl groups is 1. The zero-order chi connectivity index (χ0) is 11.8. The van der Waals surface area contributed by atoms with Crippen LogP contribution in [0, 0.1) is 0 Å². The lowest BCUT2D eigenvalue weighted by atomic mass is 9.93. The second-order valence-corrected chi connectivity index (χ2v) is 4.57. The number of ether oxygens (including phenoxy) is 3. The number of fused-ring (bicyclic) bond motifs is 2. The molecule has 1 aliphatic heterocycles. The van der Waals surface area contributed by atoms with Crippen LogP contribution in [0.5, 0.6) is 23.0 Å². The van der Waals surface area contributed by atoms with E-state index in [0.29, 0.717) is 17.2 Å². The van der Waals surface area contributed by atoms with E-state index in [1.807, 2.05) is 0 Å². The van der Waals surface area contributed by atoms with Crippen molar-refractivity contribution < 1.29 is 19.3 Å². The Bertz CT molecular complexity index is 430. The summed E-state index contributed by atoms with van der Waals surface area (Å²) in [4.78, 5) is 0. The van der Waals surface area contributed by atoms with Crippen LogP contribution in [0.2, 0.25) is 0 Å². The number of hydrogen-bond acceptors (Lipinski definition) is 4. The van der Waals surface area contributed by atoms with E-state index in [-0.39, 0.29) is 18.0 Å². The first-order valence-corrected chi connectivity index (χ1v) is 6.02. The molecular weight excluding hydrogens is 220 g/mol. The summed E-state index contributed by atoms with van der Waals surface area (Å²) in [6, 6.07) is 3.26. The van der Waals surface area contributed by atoms with Gasteiger partial charge in [0.25, 0.3) is 0 Å². The van der Waals surface area contributed by atoms with Gasteiger partial charge in [0.15, 0.2) is 23.0 Å². The third-order valence-electron chi connectivity index (χ3n) is 3.44. The predicted molar refractivity (Wildman–Crippen MR) is 62.0 cm³/mol. The number of methoxy groups -OCH3 is 1. The number of phenolic OH excluding ortho intramolecular Hbond substituents is 1. The Labute approximate surface area is 100 Å². The average molecular weight is 236 g/mol. The van der Waals surface area contributed by atoms with Crippen LogP contribution in [0.25, 0.3) is 0 Å². The molecule has 0 amide bonds. The van der Waals surface area contributed by atoms with Crippen molar-refractivity contribution in [3.63, 3.8) is 0 Å². The number of phenols is 1. The number of rotatable bonds is 1. The van der Waals surface area contributed by atoms with Crippen molar-refractivity contribution in [1.82, 2.24) is 0 Å². The highest BCUT2D eigenvalue weighted by molar-refractivity contribution is 5.54. The summed E-state index contributed by atoms with van der Waals surface area (Å²) in [6.07, 6.45) is 4.70. The smallest absolute Gasteiger partial charge is 0.165 e. The van der Waals surface area contributed by atoms with Gasteiger partial charge < -0.3 is 19.3 Å². The molecule has 0 saturated heterocycles. The Hall–Kier alpha value is -1.58. The van der Waals surface area contributed by atoms with Crippen molar-refractivity contribution in [2.45, 2.75) is 37.9 Å². The summed E-state index contributed by atoms with van der Waals surface area (Å²) < 4.78 is 16.9. The van der Waals surface area contributed by atoms with Crippen LogP contribution in [0.3, 0.4) is 0 Å². The summed E-state index contributed by atoms with van der Waals surface area (Å²) >= 11 is 0. The molecule has 2 aliphatic rings. The molecule has 0 aromatic heterocycles. The highest BCUT2D eigenvalue weighted by atomic mass is 16.6. The van der Waals surface area contributed by atoms with Gasteiger partial charge in [-0.3, -0.25) is 0 Å². The molecule has 1 aromatic carbocycles. The van der Waals surface area contributed by atoms with E-state index in [0.717, 1.165) is 12.8 Å². The van der Waals surface area contributed by atoms with E-state index >= 15 is 0 Å². The maximum Gasteiger partial charge on any atom is 0.165 e. The van der Waals surface area contributed by atoms with Crippen LogP contribution in [0.1, 0.15) is 25.7 Å². The fourth-order valence-electron chi connectivity index (χ4n) is 2.54. The van der Waals surface area contributed by atoms with Gasteiger partial charge in [-0.25, -0.2) is 0 Å². The molecule has 92 valence electrons. The van der Waals surface area contributed by atoms with Gasteiger partial charge in [-0.1, -0.05) is 0 Å². The molecular formula is C13H16O4. The molecule has 1 fully saturated rings. The topological polar surface area (TPSA) is 47.9 Å². The van der Waals surface area contributed by atoms with E-state index in [9.17, 15) is 5.11 Å². The second kappa shape index (κ2) is 4.02. The highest BCUT2D eigenvalue weighted by Crippen LogP contribution is 2.44. The molecule has 3 rings (SSSR count). The van der Waals surface area contributed by atoms with E-state index in [4.69, 9.17) is 14.2 Å². The van der Waals surface area contributed by atoms with Gasteiger partial charge in [-0.05, 0) is 25.7 Å². The Balaban J connectivity index is 1.94. The quantitative estimate of drug-likeness (QED) is 0.813. The van der Waals surface area contributed by atoms with E-state index in [1.165, 1.54) is 20.0 Å². The summed E-state index contributed by atoms with van der Waals surface area (Å²) in [7, 11) is 1.52. The molecule has 0 radical (unpaired) electrons. The van der Waals surface area contributed by atoms with Crippen molar-refractivity contribution in [3.05, 3.63) is 12.1 Å². The van der Waals surface area contributed by atoms with Crippen molar-refractivity contribution in [2.75, 3.05) is 7.11 Å². The van der Waals surface area contributed by atoms with Crippen LogP contribution in [-0.2, 0) is 0 Å². The van der Waals surface area contributed by atoms with Crippen LogP contribution < -0.4 is 14.2 Å². The molecule has 2 atom stereocenters. The first-order valence-electron chi connectivity index (χ1n) is 6.02. The van der Waals surface area contributed by atoms with Gasteiger partial charge in [-0.15, -0.1) is 0 Å². The standard InChI is InChI=1S/C13H16O4/c1-15-11-7-13-12(6-8(11)14)16-9-4-2-3-5-10(9)17-13/h6-7,9-10,14H,2-5H2,1H3/t9-,10-/m0/s1. The third-order valence-corrected chi connectivity index (χ3v) is 3.44. The number of hydrogen-bond donors (Lipinski definition) is 1. The molecule has 17 heavy (non-hydrogen) atoms. The normalized spacial score (nSPS) is 26.2. The molecule has 1 saturated carbocycles. The summed E-state index contributed by atoms with van der Waals surface area (Å²) in [5, 5.41) is 9.70. The van der Waals surface area contributed by atoms with Crippen molar-refractivity contribution in [1.29, 1.82) is 0 Å². The minimum Gasteiger partial charge on any atom is -0.504 e. The summed E-state index contributed by atoms with van der Waals surface area (Å²) in [5.74, 6) is 1.79. The third kappa shape index (κ3) is 1.77. The maximum atomic E-state index is 9.70. The fourth-order valence-corrected chi connectivity index (χ4v) is 2.54. The van der Waals surface area contributed by atoms with Crippen LogP contribution >= 0.6 is 0 Å². The molecule has 4 heteroatoms. The van der Waals surface area contributed by atoms with Crippen molar-refractivity contribution in [3.8, 4) is 23.0 Å². The van der Waals surface area contributed by atoms with Gasteiger partial charge >= 0.3 is 0 Å². The van der Waals surface area contributed by atoms with E-state index in [2.05, 4.69) is 0 Å². The minimum atomic E-state index is 0.0871. The fraction of sp³-hybridized carbons (Fsp3) is 0.538.